The van der Waals surface area contributed by atoms with Crippen LogP contribution in [0.4, 0.5) is 0 Å². The van der Waals surface area contributed by atoms with Gasteiger partial charge in [0.25, 0.3) is 0 Å². The predicted octanol–water partition coefficient (Wildman–Crippen LogP) is 5.69. The number of halogens is 1. The highest BCUT2D eigenvalue weighted by Gasteiger charge is 2.11. The first-order valence-electron chi connectivity index (χ1n) is 6.25. The van der Waals surface area contributed by atoms with Gasteiger partial charge < -0.3 is 0 Å². The van der Waals surface area contributed by atoms with Gasteiger partial charge in [0.1, 0.15) is 0 Å². The summed E-state index contributed by atoms with van der Waals surface area (Å²) in [5.74, 6) is 0.653. The second kappa shape index (κ2) is 10.1. The molecule has 92 valence electrons. The molecule has 0 aromatic carbocycles. The van der Waals surface area contributed by atoms with E-state index in [2.05, 4.69) is 62.1 Å². The summed E-state index contributed by atoms with van der Waals surface area (Å²) >= 11 is 2.60. The molecule has 0 aliphatic heterocycles. The molecule has 16 heavy (non-hydrogen) atoms. The van der Waals surface area contributed by atoms with Gasteiger partial charge in [0, 0.05) is 3.92 Å². The van der Waals surface area contributed by atoms with Gasteiger partial charge in [0.05, 0.1) is 0 Å². The smallest absolute Gasteiger partial charge is 0.0115 e. The minimum absolute atomic E-state index is 0.653. The summed E-state index contributed by atoms with van der Waals surface area (Å²) in [4.78, 5) is 0. The Balaban J connectivity index is 4.15. The van der Waals surface area contributed by atoms with E-state index in [1.807, 2.05) is 12.2 Å². The van der Waals surface area contributed by atoms with Gasteiger partial charge in [-0.3, -0.25) is 0 Å². The van der Waals surface area contributed by atoms with E-state index in [1.54, 1.807) is 0 Å². The number of hydrogen-bond acceptors (Lipinski definition) is 0. The Kier molecular flexibility index (Phi) is 10.1. The lowest BCUT2D eigenvalue weighted by Crippen LogP contribution is -2.07. The van der Waals surface area contributed by atoms with Crippen LogP contribution in [-0.2, 0) is 0 Å². The SMILES string of the molecule is C=C/C=C\C(=C/C)C(C)CC(I)CCCC. The van der Waals surface area contributed by atoms with E-state index < -0.39 is 0 Å². The van der Waals surface area contributed by atoms with Crippen molar-refractivity contribution >= 4 is 22.6 Å². The number of alkyl halides is 1. The summed E-state index contributed by atoms with van der Waals surface area (Å²) in [6.07, 6.45) is 13.6. The minimum atomic E-state index is 0.653. The molecule has 2 unspecified atom stereocenters. The van der Waals surface area contributed by atoms with E-state index in [1.165, 1.54) is 31.3 Å². The molecule has 0 N–H and O–H groups in total. The highest BCUT2D eigenvalue weighted by atomic mass is 127. The fourth-order valence-electron chi connectivity index (χ4n) is 1.79. The molecule has 0 aromatic heterocycles. The number of rotatable bonds is 8. The second-order valence-electron chi connectivity index (χ2n) is 4.26. The lowest BCUT2D eigenvalue weighted by molar-refractivity contribution is 0.574. The molecule has 0 aliphatic rings. The maximum atomic E-state index is 3.71. The summed E-state index contributed by atoms with van der Waals surface area (Å²) in [6, 6.07) is 0. The molecule has 0 fully saturated rings. The van der Waals surface area contributed by atoms with E-state index in [9.17, 15) is 0 Å². The fourth-order valence-corrected chi connectivity index (χ4v) is 2.99. The maximum Gasteiger partial charge on any atom is 0.0115 e. The zero-order valence-corrected chi connectivity index (χ0v) is 13.0. The fraction of sp³-hybridized carbons (Fsp3) is 0.600. The van der Waals surface area contributed by atoms with Crippen molar-refractivity contribution in [3.63, 3.8) is 0 Å². The Bertz CT molecular complexity index is 238. The van der Waals surface area contributed by atoms with Crippen molar-refractivity contribution in [2.45, 2.75) is 50.4 Å². The Morgan fingerprint density at radius 2 is 2.12 bits per heavy atom. The van der Waals surface area contributed by atoms with E-state index >= 15 is 0 Å². The molecule has 0 rings (SSSR count). The van der Waals surface area contributed by atoms with Crippen LogP contribution in [0.25, 0.3) is 0 Å². The van der Waals surface area contributed by atoms with Crippen LogP contribution >= 0.6 is 22.6 Å². The predicted molar refractivity (Wildman–Crippen MR) is 84.2 cm³/mol. The number of unbranched alkanes of at least 4 members (excludes halogenated alkanes) is 1. The molecule has 0 radical (unpaired) electrons. The molecule has 0 aliphatic carbocycles. The van der Waals surface area contributed by atoms with Gasteiger partial charge in [0.2, 0.25) is 0 Å². The summed E-state index contributed by atoms with van der Waals surface area (Å²) in [5, 5.41) is 0. The third kappa shape index (κ3) is 7.26. The molecule has 0 heterocycles. The van der Waals surface area contributed by atoms with Crippen molar-refractivity contribution in [1.29, 1.82) is 0 Å². The summed E-state index contributed by atoms with van der Waals surface area (Å²) in [5.41, 5.74) is 1.43. The van der Waals surface area contributed by atoms with Crippen molar-refractivity contribution in [3.05, 3.63) is 36.5 Å². The van der Waals surface area contributed by atoms with Crippen molar-refractivity contribution in [1.82, 2.24) is 0 Å². The van der Waals surface area contributed by atoms with Crippen LogP contribution in [0.5, 0.6) is 0 Å². The molecule has 0 bridgehead atoms. The highest BCUT2D eigenvalue weighted by molar-refractivity contribution is 14.1. The Labute approximate surface area is 115 Å². The minimum Gasteiger partial charge on any atom is -0.0991 e. The van der Waals surface area contributed by atoms with Crippen molar-refractivity contribution in [2.24, 2.45) is 5.92 Å². The zero-order valence-electron chi connectivity index (χ0n) is 10.9. The average molecular weight is 332 g/mol. The number of hydrogen-bond donors (Lipinski definition) is 0. The Hall–Kier alpha value is -0.0500. The van der Waals surface area contributed by atoms with E-state index in [0.29, 0.717) is 5.92 Å². The molecular weight excluding hydrogens is 307 g/mol. The molecule has 1 heteroatoms. The van der Waals surface area contributed by atoms with Gasteiger partial charge in [-0.2, -0.15) is 0 Å². The lowest BCUT2D eigenvalue weighted by Gasteiger charge is -2.17. The van der Waals surface area contributed by atoms with E-state index in [4.69, 9.17) is 0 Å². The van der Waals surface area contributed by atoms with Crippen LogP contribution in [0.3, 0.4) is 0 Å². The zero-order chi connectivity index (χ0) is 12.4. The van der Waals surface area contributed by atoms with E-state index in [-0.39, 0.29) is 0 Å². The molecule has 2 atom stereocenters. The van der Waals surface area contributed by atoms with E-state index in [0.717, 1.165) is 3.92 Å². The first-order valence-corrected chi connectivity index (χ1v) is 7.49. The largest absolute Gasteiger partial charge is 0.0991 e. The van der Waals surface area contributed by atoms with Gasteiger partial charge in [-0.05, 0) is 31.3 Å². The molecule has 0 nitrogen and oxygen atoms in total. The third-order valence-electron chi connectivity index (χ3n) is 2.81. The molecule has 0 saturated heterocycles. The Morgan fingerprint density at radius 1 is 1.44 bits per heavy atom. The monoisotopic (exact) mass is 332 g/mol. The van der Waals surface area contributed by atoms with Crippen molar-refractivity contribution in [3.8, 4) is 0 Å². The molecule has 0 saturated carbocycles. The molecule has 0 aromatic rings. The first-order chi connectivity index (χ1) is 7.65. The average Bonchev–Trinajstić information content (AvgIpc) is 2.27. The van der Waals surface area contributed by atoms with Gasteiger partial charge in [-0.25, -0.2) is 0 Å². The van der Waals surface area contributed by atoms with Crippen LogP contribution in [-0.4, -0.2) is 3.92 Å². The van der Waals surface area contributed by atoms with Crippen LogP contribution < -0.4 is 0 Å². The highest BCUT2D eigenvalue weighted by Crippen LogP contribution is 2.24. The van der Waals surface area contributed by atoms with Gasteiger partial charge in [-0.1, -0.05) is 80.2 Å². The maximum absolute atomic E-state index is 3.71. The van der Waals surface area contributed by atoms with Crippen LogP contribution in [0, 0.1) is 5.92 Å². The second-order valence-corrected chi connectivity index (χ2v) is 6.02. The van der Waals surface area contributed by atoms with Crippen molar-refractivity contribution < 1.29 is 0 Å². The van der Waals surface area contributed by atoms with Gasteiger partial charge in [-0.15, -0.1) is 0 Å². The molecular formula is C15H25I. The Morgan fingerprint density at radius 3 is 2.62 bits per heavy atom. The lowest BCUT2D eigenvalue weighted by atomic mass is 9.94. The number of allylic oxidation sites excluding steroid dienone is 5. The standard InChI is InChI=1S/C15H25I/c1-5-8-10-14(7-3)13(4)12-15(16)11-9-6-2/h5,7-8,10,13,15H,1,6,9,11-12H2,2-4H3/b10-8-,14-7+. The van der Waals surface area contributed by atoms with Gasteiger partial charge >= 0.3 is 0 Å². The summed E-state index contributed by atoms with van der Waals surface area (Å²) < 4.78 is 0.805. The van der Waals surface area contributed by atoms with Crippen LogP contribution in [0.2, 0.25) is 0 Å². The topological polar surface area (TPSA) is 0 Å². The summed E-state index contributed by atoms with van der Waals surface area (Å²) in [6.45, 7) is 10.4. The van der Waals surface area contributed by atoms with Crippen LogP contribution in [0.15, 0.2) is 36.5 Å². The normalized spacial score (nSPS) is 16.4. The van der Waals surface area contributed by atoms with Crippen molar-refractivity contribution in [2.75, 3.05) is 0 Å². The molecule has 0 amide bonds. The van der Waals surface area contributed by atoms with Gasteiger partial charge in [0.15, 0.2) is 0 Å². The third-order valence-corrected chi connectivity index (χ3v) is 3.94. The molecule has 0 spiro atoms. The summed E-state index contributed by atoms with van der Waals surface area (Å²) in [7, 11) is 0. The van der Waals surface area contributed by atoms with Crippen LogP contribution in [0.1, 0.15) is 46.5 Å². The first kappa shape index (κ1) is 16.0. The quantitative estimate of drug-likeness (QED) is 0.304.